The van der Waals surface area contributed by atoms with Crippen LogP contribution in [0.1, 0.15) is 12.5 Å². The van der Waals surface area contributed by atoms with E-state index in [4.69, 9.17) is 0 Å². The van der Waals surface area contributed by atoms with Crippen molar-refractivity contribution in [3.05, 3.63) is 59.7 Å². The summed E-state index contributed by atoms with van der Waals surface area (Å²) in [6, 6.07) is 11.0. The minimum Gasteiger partial charge on any atom is -0.333 e. The number of anilines is 1. The van der Waals surface area contributed by atoms with E-state index in [1.165, 1.54) is 22.7 Å². The van der Waals surface area contributed by atoms with Crippen LogP contribution in [0, 0.1) is 18.6 Å². The van der Waals surface area contributed by atoms with Gasteiger partial charge in [0.15, 0.2) is 0 Å². The van der Waals surface area contributed by atoms with Gasteiger partial charge in [0, 0.05) is 11.4 Å². The first-order valence-corrected chi connectivity index (χ1v) is 9.11. The third kappa shape index (κ3) is 5.29. The van der Waals surface area contributed by atoms with E-state index in [2.05, 4.69) is 5.32 Å². The van der Waals surface area contributed by atoms with E-state index in [1.54, 1.807) is 6.92 Å². The van der Waals surface area contributed by atoms with Gasteiger partial charge >= 0.3 is 0 Å². The summed E-state index contributed by atoms with van der Waals surface area (Å²) in [7, 11) is 0. The number of thioether (sulfide) groups is 1. The fourth-order valence-electron chi connectivity index (χ4n) is 2.30. The number of carbonyl (C=O) groups excluding carboxylic acids is 2. The number of nitrogens with one attached hydrogen (secondary N) is 1. The van der Waals surface area contributed by atoms with Gasteiger partial charge in [0.2, 0.25) is 11.8 Å². The van der Waals surface area contributed by atoms with Crippen LogP contribution in [0.2, 0.25) is 0 Å². The molecule has 0 spiro atoms. The summed E-state index contributed by atoms with van der Waals surface area (Å²) in [6.07, 6.45) is 0. The zero-order chi connectivity index (χ0) is 19.1. The van der Waals surface area contributed by atoms with E-state index in [9.17, 15) is 18.4 Å². The van der Waals surface area contributed by atoms with Crippen molar-refractivity contribution < 1.29 is 18.4 Å². The number of rotatable bonds is 7. The van der Waals surface area contributed by atoms with Crippen molar-refractivity contribution in [1.29, 1.82) is 0 Å². The molecule has 2 aromatic rings. The molecule has 4 nitrogen and oxygen atoms in total. The fraction of sp³-hybridized carbons (Fsp3) is 0.263. The van der Waals surface area contributed by atoms with Gasteiger partial charge < -0.3 is 10.2 Å². The molecule has 2 amide bonds. The van der Waals surface area contributed by atoms with Crippen LogP contribution in [0.15, 0.2) is 47.4 Å². The standard InChI is InChI=1S/C19H20F2N2O2S/c1-3-23(18(25)12-26-16-10-5-4-7-13(16)2)11-17(24)22-19-14(20)8-6-9-15(19)21/h4-10H,3,11-12H2,1-2H3,(H,22,24). The smallest absolute Gasteiger partial charge is 0.244 e. The lowest BCUT2D eigenvalue weighted by Gasteiger charge is -2.20. The first-order chi connectivity index (χ1) is 12.4. The second-order valence-electron chi connectivity index (χ2n) is 5.61. The molecular weight excluding hydrogens is 358 g/mol. The summed E-state index contributed by atoms with van der Waals surface area (Å²) in [5.41, 5.74) is 0.566. The van der Waals surface area contributed by atoms with Crippen molar-refractivity contribution in [2.75, 3.05) is 24.2 Å². The second kappa shape index (κ2) is 9.33. The molecule has 0 bridgehead atoms. The zero-order valence-corrected chi connectivity index (χ0v) is 15.4. The average Bonchev–Trinajstić information content (AvgIpc) is 2.62. The molecule has 0 saturated carbocycles. The van der Waals surface area contributed by atoms with Crippen LogP contribution in [0.25, 0.3) is 0 Å². The molecule has 0 aliphatic carbocycles. The van der Waals surface area contributed by atoms with Gasteiger partial charge in [0.05, 0.1) is 12.3 Å². The van der Waals surface area contributed by atoms with Gasteiger partial charge in [0.25, 0.3) is 0 Å². The van der Waals surface area contributed by atoms with E-state index in [0.29, 0.717) is 6.54 Å². The maximum atomic E-state index is 13.6. The largest absolute Gasteiger partial charge is 0.333 e. The molecule has 2 rings (SSSR count). The molecule has 0 aliphatic rings. The molecule has 0 heterocycles. The van der Waals surface area contributed by atoms with Gasteiger partial charge in [-0.15, -0.1) is 11.8 Å². The van der Waals surface area contributed by atoms with E-state index >= 15 is 0 Å². The molecule has 138 valence electrons. The Morgan fingerprint density at radius 1 is 1.08 bits per heavy atom. The van der Waals surface area contributed by atoms with Gasteiger partial charge in [-0.25, -0.2) is 8.78 Å². The molecule has 7 heteroatoms. The normalized spacial score (nSPS) is 10.5. The van der Waals surface area contributed by atoms with Crippen LogP contribution in [-0.4, -0.2) is 35.6 Å². The Morgan fingerprint density at radius 2 is 1.73 bits per heavy atom. The number of hydrogen-bond acceptors (Lipinski definition) is 3. The van der Waals surface area contributed by atoms with Gasteiger partial charge in [0.1, 0.15) is 17.3 Å². The molecule has 0 saturated heterocycles. The van der Waals surface area contributed by atoms with Crippen molar-refractivity contribution in [2.24, 2.45) is 0 Å². The van der Waals surface area contributed by atoms with E-state index < -0.39 is 23.2 Å². The maximum absolute atomic E-state index is 13.6. The lowest BCUT2D eigenvalue weighted by molar-refractivity contribution is -0.132. The van der Waals surface area contributed by atoms with Gasteiger partial charge in [-0.05, 0) is 37.6 Å². The summed E-state index contributed by atoms with van der Waals surface area (Å²) in [5.74, 6) is -2.40. The number of carbonyl (C=O) groups is 2. The highest BCUT2D eigenvalue weighted by molar-refractivity contribution is 8.00. The number of likely N-dealkylation sites (N-methyl/N-ethyl adjacent to an activating group) is 1. The number of nitrogens with zero attached hydrogens (tertiary/aromatic N) is 1. The van der Waals surface area contributed by atoms with Crippen LogP contribution >= 0.6 is 11.8 Å². The van der Waals surface area contributed by atoms with Crippen molar-refractivity contribution in [1.82, 2.24) is 4.90 Å². The monoisotopic (exact) mass is 378 g/mol. The number of amides is 2. The molecule has 0 atom stereocenters. The summed E-state index contributed by atoms with van der Waals surface area (Å²) in [6.45, 7) is 3.76. The van der Waals surface area contributed by atoms with Crippen molar-refractivity contribution >= 4 is 29.3 Å². The van der Waals surface area contributed by atoms with E-state index in [0.717, 1.165) is 22.6 Å². The fourth-order valence-corrected chi connectivity index (χ4v) is 3.23. The quantitative estimate of drug-likeness (QED) is 0.745. The predicted octanol–water partition coefficient (Wildman–Crippen LogP) is 3.85. The first-order valence-electron chi connectivity index (χ1n) is 8.12. The van der Waals surface area contributed by atoms with Crippen LogP contribution in [0.5, 0.6) is 0 Å². The Morgan fingerprint density at radius 3 is 2.35 bits per heavy atom. The van der Waals surface area contributed by atoms with Crippen LogP contribution in [0.4, 0.5) is 14.5 Å². The Kier molecular flexibility index (Phi) is 7.15. The van der Waals surface area contributed by atoms with E-state index in [-0.39, 0.29) is 18.2 Å². The highest BCUT2D eigenvalue weighted by Gasteiger charge is 2.18. The minimum absolute atomic E-state index is 0.181. The Balaban J connectivity index is 1.94. The number of para-hydroxylation sites is 1. The van der Waals surface area contributed by atoms with Gasteiger partial charge in [-0.2, -0.15) is 0 Å². The third-order valence-electron chi connectivity index (χ3n) is 3.74. The van der Waals surface area contributed by atoms with Crippen molar-refractivity contribution in [2.45, 2.75) is 18.7 Å². The number of aryl methyl sites for hydroxylation is 1. The third-order valence-corrected chi connectivity index (χ3v) is 4.90. The number of halogens is 2. The number of hydrogen-bond donors (Lipinski definition) is 1. The second-order valence-corrected chi connectivity index (χ2v) is 6.62. The summed E-state index contributed by atoms with van der Waals surface area (Å²) in [5, 5.41) is 2.19. The molecule has 0 unspecified atom stereocenters. The molecule has 2 aromatic carbocycles. The Bertz CT molecular complexity index is 779. The molecule has 0 fully saturated rings. The Labute approximate surface area is 155 Å². The summed E-state index contributed by atoms with van der Waals surface area (Å²) < 4.78 is 27.2. The van der Waals surface area contributed by atoms with Gasteiger partial charge in [-0.3, -0.25) is 9.59 Å². The van der Waals surface area contributed by atoms with Crippen LogP contribution < -0.4 is 5.32 Å². The number of benzene rings is 2. The molecule has 0 aliphatic heterocycles. The van der Waals surface area contributed by atoms with Crippen molar-refractivity contribution in [3.8, 4) is 0 Å². The SMILES string of the molecule is CCN(CC(=O)Nc1c(F)cccc1F)C(=O)CSc1ccccc1C. The molecule has 1 N–H and O–H groups in total. The summed E-state index contributed by atoms with van der Waals surface area (Å²) in [4.78, 5) is 26.8. The first kappa shape index (κ1) is 19.9. The lowest BCUT2D eigenvalue weighted by atomic mass is 10.2. The molecule has 0 aromatic heterocycles. The topological polar surface area (TPSA) is 49.4 Å². The van der Waals surface area contributed by atoms with Crippen LogP contribution in [0.3, 0.4) is 0 Å². The predicted molar refractivity (Wildman–Crippen MR) is 99.1 cm³/mol. The van der Waals surface area contributed by atoms with Gasteiger partial charge in [-0.1, -0.05) is 24.3 Å². The maximum Gasteiger partial charge on any atom is 0.244 e. The van der Waals surface area contributed by atoms with Crippen molar-refractivity contribution in [3.63, 3.8) is 0 Å². The Hall–Kier alpha value is -2.41. The highest BCUT2D eigenvalue weighted by Crippen LogP contribution is 2.22. The zero-order valence-electron chi connectivity index (χ0n) is 14.6. The molecule has 26 heavy (non-hydrogen) atoms. The summed E-state index contributed by atoms with van der Waals surface area (Å²) >= 11 is 1.39. The highest BCUT2D eigenvalue weighted by atomic mass is 32.2. The molecule has 0 radical (unpaired) electrons. The van der Waals surface area contributed by atoms with E-state index in [1.807, 2.05) is 31.2 Å². The lowest BCUT2D eigenvalue weighted by Crippen LogP contribution is -2.39. The minimum atomic E-state index is -0.858. The molecular formula is C19H20F2N2O2S. The van der Waals surface area contributed by atoms with Crippen LogP contribution in [-0.2, 0) is 9.59 Å². The average molecular weight is 378 g/mol.